The summed E-state index contributed by atoms with van der Waals surface area (Å²) in [4.78, 5) is 13.3. The van der Waals surface area contributed by atoms with Crippen LogP contribution < -0.4 is 0 Å². The summed E-state index contributed by atoms with van der Waals surface area (Å²) in [6.07, 6.45) is 8.78. The van der Waals surface area contributed by atoms with Gasteiger partial charge in [0.25, 0.3) is 0 Å². The molecule has 4 heteroatoms. The van der Waals surface area contributed by atoms with E-state index < -0.39 is 17.6 Å². The molecule has 0 aliphatic heterocycles. The Hall–Kier alpha value is -0.870. The molecule has 35 heavy (non-hydrogen) atoms. The van der Waals surface area contributed by atoms with E-state index in [1.807, 2.05) is 0 Å². The van der Waals surface area contributed by atoms with Gasteiger partial charge in [-0.1, -0.05) is 59.6 Å². The van der Waals surface area contributed by atoms with Crippen molar-refractivity contribution < 1.29 is 19.7 Å². The number of aliphatic hydroxyl groups excluding tert-OH is 2. The van der Waals surface area contributed by atoms with E-state index in [0.717, 1.165) is 57.8 Å². The minimum Gasteiger partial charge on any atom is -0.468 e. The minimum absolute atomic E-state index is 0.00774. The Labute approximate surface area is 213 Å². The highest BCUT2D eigenvalue weighted by Gasteiger charge is 2.69. The number of esters is 1. The first-order valence-electron chi connectivity index (χ1n) is 14.3. The molecule has 0 aromatic heterocycles. The molecule has 0 radical (unpaired) electrons. The van der Waals surface area contributed by atoms with Crippen LogP contribution in [0.15, 0.2) is 11.1 Å². The third-order valence-corrected chi connectivity index (χ3v) is 13.1. The molecule has 2 N–H and O–H groups in total. The van der Waals surface area contributed by atoms with Crippen LogP contribution in [0.1, 0.15) is 113 Å². The zero-order valence-corrected chi connectivity index (χ0v) is 23.6. The number of allylic oxidation sites excluding steroid dienone is 1. The zero-order chi connectivity index (χ0) is 25.8. The van der Waals surface area contributed by atoms with E-state index in [1.54, 1.807) is 12.7 Å². The summed E-state index contributed by atoms with van der Waals surface area (Å²) in [5.74, 6) is 0.911. The predicted octanol–water partition coefficient (Wildman–Crippen LogP) is 6.44. The third-order valence-electron chi connectivity index (χ3n) is 13.1. The molecule has 0 saturated heterocycles. The van der Waals surface area contributed by atoms with Crippen LogP contribution in [0.5, 0.6) is 0 Å². The van der Waals surface area contributed by atoms with Crippen LogP contribution in [-0.4, -0.2) is 35.5 Å². The van der Waals surface area contributed by atoms with Crippen LogP contribution in [0.3, 0.4) is 0 Å². The van der Waals surface area contributed by atoms with E-state index in [9.17, 15) is 15.0 Å². The van der Waals surface area contributed by atoms with Gasteiger partial charge in [-0.15, -0.1) is 0 Å². The largest absolute Gasteiger partial charge is 0.468 e. The second-order valence-electron chi connectivity index (χ2n) is 15.3. The molecule has 8 unspecified atom stereocenters. The number of carbonyl (C=O) groups excluding carboxylic acids is 1. The van der Waals surface area contributed by atoms with Gasteiger partial charge in [0.15, 0.2) is 0 Å². The van der Waals surface area contributed by atoms with Crippen molar-refractivity contribution in [1.29, 1.82) is 0 Å². The molecule has 5 aliphatic rings. The van der Waals surface area contributed by atoms with Gasteiger partial charge in [0, 0.05) is 0 Å². The Kier molecular flexibility index (Phi) is 5.59. The second-order valence-corrected chi connectivity index (χ2v) is 15.3. The molecule has 0 bridgehead atoms. The highest BCUT2D eigenvalue weighted by molar-refractivity contribution is 5.82. The summed E-state index contributed by atoms with van der Waals surface area (Å²) in [5, 5.41) is 21.9. The van der Waals surface area contributed by atoms with Crippen molar-refractivity contribution >= 4 is 5.97 Å². The molecular formula is C31H50O4. The van der Waals surface area contributed by atoms with Gasteiger partial charge in [-0.25, -0.2) is 0 Å². The lowest BCUT2D eigenvalue weighted by molar-refractivity contribution is -0.233. The number of rotatable bonds is 1. The summed E-state index contributed by atoms with van der Waals surface area (Å²) in [6, 6.07) is 0. The van der Waals surface area contributed by atoms with Gasteiger partial charge in [0.2, 0.25) is 0 Å². The first-order chi connectivity index (χ1) is 16.1. The molecule has 0 aromatic carbocycles. The average molecular weight is 487 g/mol. The van der Waals surface area contributed by atoms with Crippen LogP contribution >= 0.6 is 0 Å². The fourth-order valence-corrected chi connectivity index (χ4v) is 10.9. The van der Waals surface area contributed by atoms with Crippen molar-refractivity contribution in [2.45, 2.75) is 125 Å². The zero-order valence-electron chi connectivity index (χ0n) is 23.6. The highest BCUT2D eigenvalue weighted by Crippen LogP contribution is 2.75. The summed E-state index contributed by atoms with van der Waals surface area (Å²) in [6.45, 7) is 16.6. The Balaban J connectivity index is 1.63. The van der Waals surface area contributed by atoms with Crippen molar-refractivity contribution in [2.24, 2.45) is 44.3 Å². The molecule has 0 spiro atoms. The minimum atomic E-state index is -0.654. The van der Waals surface area contributed by atoms with Crippen LogP contribution in [-0.2, 0) is 9.53 Å². The van der Waals surface area contributed by atoms with Crippen LogP contribution in [0.25, 0.3) is 0 Å². The number of fused-ring (bicyclic) bond motifs is 6. The maximum atomic E-state index is 13.3. The van der Waals surface area contributed by atoms with E-state index in [4.69, 9.17) is 4.74 Å². The van der Waals surface area contributed by atoms with Gasteiger partial charge < -0.3 is 14.9 Å². The SMILES string of the molecule is COC(=O)C12CCC(C)(C)CC1=C1CCC3C4(C)CC(O)C(O)C(C)(C)C4CCC3(C)C1(C)CC2. The summed E-state index contributed by atoms with van der Waals surface area (Å²) >= 11 is 0. The van der Waals surface area contributed by atoms with Crippen LogP contribution in [0.2, 0.25) is 0 Å². The smallest absolute Gasteiger partial charge is 0.315 e. The van der Waals surface area contributed by atoms with Gasteiger partial charge in [0.1, 0.15) is 0 Å². The Morgan fingerprint density at radius 3 is 2.17 bits per heavy atom. The average Bonchev–Trinajstić information content (AvgIpc) is 2.77. The highest BCUT2D eigenvalue weighted by atomic mass is 16.5. The van der Waals surface area contributed by atoms with Gasteiger partial charge in [-0.05, 0) is 103 Å². The molecule has 4 saturated carbocycles. The van der Waals surface area contributed by atoms with Crippen LogP contribution in [0, 0.1) is 44.3 Å². The molecule has 0 amide bonds. The van der Waals surface area contributed by atoms with E-state index in [1.165, 1.54) is 5.57 Å². The number of methoxy groups -OCH3 is 1. The standard InChI is InChI=1S/C31H50O4/c1-26(2)13-15-31(25(34)35-8)16-14-29(6)19(20(31)17-26)9-10-23-28(5)18-21(32)24(33)27(3,4)22(28)11-12-30(23,29)7/h21-24,32-33H,9-18H2,1-8H3. The van der Waals surface area contributed by atoms with Gasteiger partial charge in [0.05, 0.1) is 24.7 Å². The van der Waals surface area contributed by atoms with E-state index in [0.29, 0.717) is 18.3 Å². The molecular weight excluding hydrogens is 436 g/mol. The van der Waals surface area contributed by atoms with Gasteiger partial charge >= 0.3 is 5.97 Å². The second kappa shape index (κ2) is 7.59. The Morgan fingerprint density at radius 1 is 0.857 bits per heavy atom. The number of hydrogen-bond acceptors (Lipinski definition) is 4. The summed E-state index contributed by atoms with van der Waals surface area (Å²) < 4.78 is 5.47. The fraction of sp³-hybridized carbons (Fsp3) is 0.903. The molecule has 5 rings (SSSR count). The molecule has 0 heterocycles. The van der Waals surface area contributed by atoms with Crippen molar-refractivity contribution in [3.63, 3.8) is 0 Å². The molecule has 0 aromatic rings. The number of hydrogen-bond donors (Lipinski definition) is 2. The van der Waals surface area contributed by atoms with Crippen molar-refractivity contribution in [3.8, 4) is 0 Å². The molecule has 5 aliphatic carbocycles. The summed E-state index contributed by atoms with van der Waals surface area (Å²) in [7, 11) is 1.57. The Morgan fingerprint density at radius 2 is 1.51 bits per heavy atom. The monoisotopic (exact) mass is 486 g/mol. The topological polar surface area (TPSA) is 66.8 Å². The van der Waals surface area contributed by atoms with Crippen molar-refractivity contribution in [3.05, 3.63) is 11.1 Å². The Bertz CT molecular complexity index is 948. The molecule has 4 fully saturated rings. The van der Waals surface area contributed by atoms with Crippen molar-refractivity contribution in [2.75, 3.05) is 7.11 Å². The quantitative estimate of drug-likeness (QED) is 0.331. The lowest BCUT2D eigenvalue weighted by atomic mass is 9.34. The lowest BCUT2D eigenvalue weighted by Crippen LogP contribution is -2.66. The third kappa shape index (κ3) is 3.14. The number of aliphatic hydroxyl groups is 2. The lowest BCUT2D eigenvalue weighted by Gasteiger charge is -2.71. The summed E-state index contributed by atoms with van der Waals surface area (Å²) in [5.41, 5.74) is 2.73. The maximum Gasteiger partial charge on any atom is 0.315 e. The van der Waals surface area contributed by atoms with E-state index in [-0.39, 0.29) is 33.0 Å². The fourth-order valence-electron chi connectivity index (χ4n) is 10.9. The van der Waals surface area contributed by atoms with E-state index >= 15 is 0 Å². The van der Waals surface area contributed by atoms with Crippen molar-refractivity contribution in [1.82, 2.24) is 0 Å². The van der Waals surface area contributed by atoms with Gasteiger partial charge in [-0.3, -0.25) is 4.79 Å². The van der Waals surface area contributed by atoms with E-state index in [2.05, 4.69) is 48.5 Å². The normalized spacial score (nSPS) is 50.3. The first-order valence-corrected chi connectivity index (χ1v) is 14.3. The van der Waals surface area contributed by atoms with Crippen LogP contribution in [0.4, 0.5) is 0 Å². The molecule has 198 valence electrons. The molecule has 8 atom stereocenters. The number of ether oxygens (including phenoxy) is 1. The first kappa shape index (κ1) is 25.8. The van der Waals surface area contributed by atoms with Gasteiger partial charge in [-0.2, -0.15) is 0 Å². The molecule has 4 nitrogen and oxygen atoms in total. The number of carbonyl (C=O) groups is 1. The maximum absolute atomic E-state index is 13.3. The predicted molar refractivity (Wildman–Crippen MR) is 139 cm³/mol.